The van der Waals surface area contributed by atoms with Crippen molar-refractivity contribution >= 4 is 11.7 Å². The van der Waals surface area contributed by atoms with Crippen LogP contribution < -0.4 is 10.6 Å². The van der Waals surface area contributed by atoms with Crippen LogP contribution in [0.5, 0.6) is 0 Å². The molecule has 2 unspecified atom stereocenters. The van der Waals surface area contributed by atoms with Crippen LogP contribution in [-0.2, 0) is 10.7 Å². The van der Waals surface area contributed by atoms with E-state index in [-0.39, 0.29) is 16.8 Å². The van der Waals surface area contributed by atoms with Gasteiger partial charge in [-0.15, -0.1) is 0 Å². The molecule has 1 saturated heterocycles. The first-order valence-electron chi connectivity index (χ1n) is 7.36. The van der Waals surface area contributed by atoms with Gasteiger partial charge in [0.05, 0.1) is 23.4 Å². The molecule has 120 valence electrons. The van der Waals surface area contributed by atoms with Crippen molar-refractivity contribution in [1.29, 1.82) is 0 Å². The lowest BCUT2D eigenvalue weighted by molar-refractivity contribution is -0.00670. The zero-order chi connectivity index (χ0) is 16.2. The van der Waals surface area contributed by atoms with Gasteiger partial charge in [-0.3, -0.25) is 0 Å². The molecule has 1 aliphatic heterocycles. The minimum atomic E-state index is -3.01. The van der Waals surface area contributed by atoms with E-state index in [2.05, 4.69) is 10.6 Å². The van der Waals surface area contributed by atoms with Crippen LogP contribution in [0.2, 0.25) is 0 Å². The van der Waals surface area contributed by atoms with Gasteiger partial charge in [-0.25, -0.2) is 13.6 Å². The van der Waals surface area contributed by atoms with Gasteiger partial charge in [0.2, 0.25) is 0 Å². The van der Waals surface area contributed by atoms with Gasteiger partial charge in [0.25, 0.3) is 5.92 Å². The Labute approximate surface area is 128 Å². The molecule has 0 bridgehead atoms. The molecule has 0 radical (unpaired) electrons. The zero-order valence-electron chi connectivity index (χ0n) is 12.9. The first-order chi connectivity index (χ1) is 10.2. The number of ether oxygens (including phenoxy) is 1. The van der Waals surface area contributed by atoms with E-state index in [1.165, 1.54) is 18.2 Å². The number of benzene rings is 1. The molecule has 1 heterocycles. The molecule has 1 aromatic rings. The summed E-state index contributed by atoms with van der Waals surface area (Å²) in [6, 6.07) is 5.46. The topological polar surface area (TPSA) is 50.4 Å². The van der Waals surface area contributed by atoms with Crippen molar-refractivity contribution in [1.82, 2.24) is 5.32 Å². The number of para-hydroxylation sites is 1. The van der Waals surface area contributed by atoms with E-state index in [0.29, 0.717) is 12.5 Å². The predicted molar refractivity (Wildman–Crippen MR) is 79.0 cm³/mol. The first-order valence-corrected chi connectivity index (χ1v) is 7.36. The van der Waals surface area contributed by atoms with Crippen LogP contribution in [-0.4, -0.2) is 23.8 Å². The van der Waals surface area contributed by atoms with E-state index in [4.69, 9.17) is 4.74 Å². The van der Waals surface area contributed by atoms with Crippen molar-refractivity contribution in [3.05, 3.63) is 29.8 Å². The second-order valence-electron chi connectivity index (χ2n) is 6.71. The number of hydrogen-bond acceptors (Lipinski definition) is 2. The highest BCUT2D eigenvalue weighted by atomic mass is 19.3. The number of alkyl halides is 2. The number of amides is 2. The quantitative estimate of drug-likeness (QED) is 0.898. The molecule has 0 aromatic heterocycles. The SMILES string of the molecule is CC(F)(F)c1ccccc1NC(=O)NC12CC1COC2(C)C. The van der Waals surface area contributed by atoms with E-state index in [1.807, 2.05) is 13.8 Å². The number of hydrogen-bond donors (Lipinski definition) is 2. The van der Waals surface area contributed by atoms with Crippen LogP contribution >= 0.6 is 0 Å². The largest absolute Gasteiger partial charge is 0.373 e. The van der Waals surface area contributed by atoms with E-state index >= 15 is 0 Å². The monoisotopic (exact) mass is 310 g/mol. The standard InChI is InChI=1S/C16H20F2N2O2/c1-14(2)16(8-10(16)9-22-14)20-13(21)19-12-7-5-4-6-11(12)15(3,17)18/h4-7,10H,8-9H2,1-3H3,(H2,19,20,21). The molecule has 2 aliphatic rings. The normalized spacial score (nSPS) is 28.9. The molecular weight excluding hydrogens is 290 g/mol. The number of anilines is 1. The predicted octanol–water partition coefficient (Wildman–Crippen LogP) is 3.49. The van der Waals surface area contributed by atoms with E-state index < -0.39 is 17.6 Å². The third-order valence-electron chi connectivity index (χ3n) is 4.81. The Morgan fingerprint density at radius 3 is 2.59 bits per heavy atom. The van der Waals surface area contributed by atoms with Crippen molar-refractivity contribution in [3.63, 3.8) is 0 Å². The van der Waals surface area contributed by atoms with E-state index in [1.54, 1.807) is 6.07 Å². The summed E-state index contributed by atoms with van der Waals surface area (Å²) in [4.78, 5) is 12.2. The van der Waals surface area contributed by atoms with Crippen LogP contribution in [0.4, 0.5) is 19.3 Å². The summed E-state index contributed by atoms with van der Waals surface area (Å²) in [5.74, 6) is -2.71. The Morgan fingerprint density at radius 2 is 2.05 bits per heavy atom. The maximum Gasteiger partial charge on any atom is 0.319 e. The molecule has 1 aromatic carbocycles. The summed E-state index contributed by atoms with van der Waals surface area (Å²) in [6.07, 6.45) is 0.860. The molecule has 1 aliphatic carbocycles. The highest BCUT2D eigenvalue weighted by molar-refractivity contribution is 5.91. The highest BCUT2D eigenvalue weighted by Crippen LogP contribution is 2.57. The summed E-state index contributed by atoms with van der Waals surface area (Å²) in [5, 5.41) is 5.47. The van der Waals surface area contributed by atoms with E-state index in [0.717, 1.165) is 13.3 Å². The number of rotatable bonds is 3. The summed E-state index contributed by atoms with van der Waals surface area (Å²) in [7, 11) is 0. The maximum absolute atomic E-state index is 13.6. The number of carbonyl (C=O) groups excluding carboxylic acids is 1. The summed E-state index contributed by atoms with van der Waals surface area (Å²) < 4.78 is 32.8. The average molecular weight is 310 g/mol. The molecule has 4 nitrogen and oxygen atoms in total. The molecule has 1 saturated carbocycles. The number of urea groups is 1. The van der Waals surface area contributed by atoms with Crippen molar-refractivity contribution in [2.24, 2.45) is 5.92 Å². The Bertz CT molecular complexity index is 612. The molecule has 22 heavy (non-hydrogen) atoms. The van der Waals surface area contributed by atoms with Crippen molar-refractivity contribution in [2.75, 3.05) is 11.9 Å². The van der Waals surface area contributed by atoms with Crippen LogP contribution in [0.15, 0.2) is 24.3 Å². The number of carbonyl (C=O) groups is 1. The molecule has 6 heteroatoms. The molecule has 2 amide bonds. The lowest BCUT2D eigenvalue weighted by Crippen LogP contribution is -2.52. The Kier molecular flexibility index (Phi) is 3.22. The van der Waals surface area contributed by atoms with Crippen molar-refractivity contribution < 1.29 is 18.3 Å². The fourth-order valence-corrected chi connectivity index (χ4v) is 3.34. The van der Waals surface area contributed by atoms with Crippen molar-refractivity contribution in [2.45, 2.75) is 44.3 Å². The van der Waals surface area contributed by atoms with Crippen molar-refractivity contribution in [3.8, 4) is 0 Å². The summed E-state index contributed by atoms with van der Waals surface area (Å²) >= 11 is 0. The molecular formula is C16H20F2N2O2. The molecule has 2 atom stereocenters. The average Bonchev–Trinajstić information content (AvgIpc) is 3.05. The summed E-state index contributed by atoms with van der Waals surface area (Å²) in [6.45, 7) is 5.31. The number of halogens is 2. The number of fused-ring (bicyclic) bond motifs is 1. The van der Waals surface area contributed by atoms with Crippen LogP contribution in [0.1, 0.15) is 32.8 Å². The minimum absolute atomic E-state index is 0.123. The van der Waals surface area contributed by atoms with Gasteiger partial charge in [0.15, 0.2) is 0 Å². The Hall–Kier alpha value is -1.69. The van der Waals surface area contributed by atoms with Gasteiger partial charge in [-0.05, 0) is 26.3 Å². The maximum atomic E-state index is 13.6. The van der Waals surface area contributed by atoms with Gasteiger partial charge < -0.3 is 15.4 Å². The fourth-order valence-electron chi connectivity index (χ4n) is 3.34. The number of nitrogens with one attached hydrogen (secondary N) is 2. The smallest absolute Gasteiger partial charge is 0.319 e. The zero-order valence-corrected chi connectivity index (χ0v) is 12.9. The van der Waals surface area contributed by atoms with Gasteiger partial charge >= 0.3 is 6.03 Å². The third-order valence-corrected chi connectivity index (χ3v) is 4.81. The molecule has 0 spiro atoms. The van der Waals surface area contributed by atoms with Gasteiger partial charge in [-0.2, -0.15) is 0 Å². The lowest BCUT2D eigenvalue weighted by atomic mass is 9.96. The van der Waals surface area contributed by atoms with E-state index in [9.17, 15) is 13.6 Å². The second kappa shape index (κ2) is 4.65. The summed E-state index contributed by atoms with van der Waals surface area (Å²) in [5.41, 5.74) is -0.904. The van der Waals surface area contributed by atoms with Crippen LogP contribution in [0.25, 0.3) is 0 Å². The first kappa shape index (κ1) is 15.2. The molecule has 3 rings (SSSR count). The highest BCUT2D eigenvalue weighted by Gasteiger charge is 2.69. The molecule has 2 N–H and O–H groups in total. The van der Waals surface area contributed by atoms with Gasteiger partial charge in [0.1, 0.15) is 0 Å². The van der Waals surface area contributed by atoms with Gasteiger partial charge in [-0.1, -0.05) is 18.2 Å². The second-order valence-corrected chi connectivity index (χ2v) is 6.71. The lowest BCUT2D eigenvalue weighted by Gasteiger charge is -2.31. The molecule has 2 fully saturated rings. The Balaban J connectivity index is 1.74. The third kappa shape index (κ3) is 2.35. The fraction of sp³-hybridized carbons (Fsp3) is 0.562. The minimum Gasteiger partial charge on any atom is -0.373 e. The van der Waals surface area contributed by atoms with Crippen LogP contribution in [0, 0.1) is 5.92 Å². The van der Waals surface area contributed by atoms with Crippen LogP contribution in [0.3, 0.4) is 0 Å². The Morgan fingerprint density at radius 1 is 1.36 bits per heavy atom. The van der Waals surface area contributed by atoms with Gasteiger partial charge in [0, 0.05) is 18.4 Å².